The largest absolute Gasteiger partial charge is 0.465 e. The summed E-state index contributed by atoms with van der Waals surface area (Å²) in [7, 11) is 0. The summed E-state index contributed by atoms with van der Waals surface area (Å²) in [5.41, 5.74) is 1.33. The molecule has 0 atom stereocenters. The van der Waals surface area contributed by atoms with E-state index in [1.54, 1.807) is 0 Å². The Balaban J connectivity index is 1.87. The molecule has 0 bridgehead atoms. The second-order valence-electron chi connectivity index (χ2n) is 6.72. The van der Waals surface area contributed by atoms with Crippen molar-refractivity contribution in [1.82, 2.24) is 10.2 Å². The fourth-order valence-corrected chi connectivity index (χ4v) is 2.67. The van der Waals surface area contributed by atoms with Gasteiger partial charge in [-0.2, -0.15) is 0 Å². The average Bonchev–Trinajstić information content (AvgIpc) is 3.20. The lowest BCUT2D eigenvalue weighted by Crippen LogP contribution is -2.31. The predicted molar refractivity (Wildman–Crippen MR) is 88.4 cm³/mol. The minimum absolute atomic E-state index is 0.570. The highest BCUT2D eigenvalue weighted by Crippen LogP contribution is 2.22. The van der Waals surface area contributed by atoms with Gasteiger partial charge in [0, 0.05) is 24.2 Å². The van der Waals surface area contributed by atoms with Gasteiger partial charge in [-0.1, -0.05) is 19.8 Å². The summed E-state index contributed by atoms with van der Waals surface area (Å²) in [6.07, 6.45) is 6.55. The van der Waals surface area contributed by atoms with E-state index in [2.05, 4.69) is 44.0 Å². The van der Waals surface area contributed by atoms with Crippen molar-refractivity contribution in [3.8, 4) is 0 Å². The Labute approximate surface area is 130 Å². The number of furan rings is 1. The SMILES string of the molecule is CCCCCN(Cc1cc(CNC2CC2)c(C)o1)C(C)C. The average molecular weight is 292 g/mol. The minimum Gasteiger partial charge on any atom is -0.465 e. The van der Waals surface area contributed by atoms with E-state index in [4.69, 9.17) is 4.42 Å². The van der Waals surface area contributed by atoms with Gasteiger partial charge >= 0.3 is 0 Å². The van der Waals surface area contributed by atoms with Crippen LogP contribution in [0.1, 0.15) is 70.0 Å². The normalized spacial score (nSPS) is 15.3. The van der Waals surface area contributed by atoms with E-state index in [-0.39, 0.29) is 0 Å². The van der Waals surface area contributed by atoms with Crippen LogP contribution >= 0.6 is 0 Å². The Morgan fingerprint density at radius 3 is 2.71 bits per heavy atom. The summed E-state index contributed by atoms with van der Waals surface area (Å²) in [6, 6.07) is 3.57. The van der Waals surface area contributed by atoms with Gasteiger partial charge in [0.25, 0.3) is 0 Å². The molecule has 0 aromatic carbocycles. The number of hydrogen-bond donors (Lipinski definition) is 1. The van der Waals surface area contributed by atoms with Gasteiger partial charge in [0.2, 0.25) is 0 Å². The molecule has 0 radical (unpaired) electrons. The summed E-state index contributed by atoms with van der Waals surface area (Å²) in [5.74, 6) is 2.20. The van der Waals surface area contributed by atoms with Gasteiger partial charge < -0.3 is 9.73 Å². The second-order valence-corrected chi connectivity index (χ2v) is 6.72. The molecule has 120 valence electrons. The quantitative estimate of drug-likeness (QED) is 0.654. The number of aryl methyl sites for hydroxylation is 1. The van der Waals surface area contributed by atoms with Crippen LogP contribution in [0, 0.1) is 6.92 Å². The standard InChI is InChI=1S/C18H32N2O/c1-5-6-7-10-20(14(2)3)13-18-11-16(15(4)21-18)12-19-17-8-9-17/h11,14,17,19H,5-10,12-13H2,1-4H3. The molecule has 21 heavy (non-hydrogen) atoms. The summed E-state index contributed by atoms with van der Waals surface area (Å²) in [4.78, 5) is 2.52. The van der Waals surface area contributed by atoms with Crippen LogP contribution in [0.4, 0.5) is 0 Å². The van der Waals surface area contributed by atoms with Gasteiger partial charge in [-0.05, 0) is 52.6 Å². The van der Waals surface area contributed by atoms with E-state index in [9.17, 15) is 0 Å². The van der Waals surface area contributed by atoms with E-state index in [1.165, 1.54) is 44.2 Å². The van der Waals surface area contributed by atoms with Crippen molar-refractivity contribution >= 4 is 0 Å². The summed E-state index contributed by atoms with van der Waals surface area (Å²) < 4.78 is 5.97. The van der Waals surface area contributed by atoms with E-state index >= 15 is 0 Å². The van der Waals surface area contributed by atoms with Crippen LogP contribution in [-0.2, 0) is 13.1 Å². The lowest BCUT2D eigenvalue weighted by molar-refractivity contribution is 0.192. The zero-order valence-corrected chi connectivity index (χ0v) is 14.2. The molecule has 1 fully saturated rings. The third kappa shape index (κ3) is 5.48. The molecule has 2 rings (SSSR count). The number of nitrogens with zero attached hydrogens (tertiary/aromatic N) is 1. The first-order valence-corrected chi connectivity index (χ1v) is 8.65. The molecule has 1 aromatic heterocycles. The van der Waals surface area contributed by atoms with Gasteiger partial charge in [-0.25, -0.2) is 0 Å². The molecule has 1 aliphatic rings. The fourth-order valence-electron chi connectivity index (χ4n) is 2.67. The second kappa shape index (κ2) is 8.00. The van der Waals surface area contributed by atoms with Crippen LogP contribution < -0.4 is 5.32 Å². The Morgan fingerprint density at radius 2 is 2.10 bits per heavy atom. The number of rotatable bonds is 10. The maximum absolute atomic E-state index is 5.97. The maximum atomic E-state index is 5.97. The molecule has 0 unspecified atom stereocenters. The highest BCUT2D eigenvalue weighted by Gasteiger charge is 2.21. The Kier molecular flexibility index (Phi) is 6.31. The molecule has 0 spiro atoms. The summed E-state index contributed by atoms with van der Waals surface area (Å²) in [6.45, 7) is 12.0. The van der Waals surface area contributed by atoms with Crippen LogP contribution in [-0.4, -0.2) is 23.5 Å². The van der Waals surface area contributed by atoms with Gasteiger partial charge in [0.05, 0.1) is 6.54 Å². The molecule has 0 saturated heterocycles. The molecule has 1 aromatic rings. The third-order valence-electron chi connectivity index (χ3n) is 4.37. The first-order chi connectivity index (χ1) is 10.1. The van der Waals surface area contributed by atoms with Crippen LogP contribution in [0.25, 0.3) is 0 Å². The van der Waals surface area contributed by atoms with Crippen molar-refractivity contribution in [2.24, 2.45) is 0 Å². The topological polar surface area (TPSA) is 28.4 Å². The lowest BCUT2D eigenvalue weighted by Gasteiger charge is -2.25. The van der Waals surface area contributed by atoms with Crippen molar-refractivity contribution in [2.75, 3.05) is 6.54 Å². The van der Waals surface area contributed by atoms with Crippen LogP contribution in [0.15, 0.2) is 10.5 Å². The first-order valence-electron chi connectivity index (χ1n) is 8.65. The van der Waals surface area contributed by atoms with Crippen LogP contribution in [0.3, 0.4) is 0 Å². The van der Waals surface area contributed by atoms with E-state index in [0.29, 0.717) is 6.04 Å². The first kappa shape index (κ1) is 16.6. The van der Waals surface area contributed by atoms with Crippen LogP contribution in [0.5, 0.6) is 0 Å². The summed E-state index contributed by atoms with van der Waals surface area (Å²) in [5, 5.41) is 3.57. The zero-order chi connectivity index (χ0) is 15.2. The van der Waals surface area contributed by atoms with Gasteiger partial charge in [-0.15, -0.1) is 0 Å². The smallest absolute Gasteiger partial charge is 0.118 e. The molecule has 1 aliphatic carbocycles. The molecule has 0 aliphatic heterocycles. The van der Waals surface area contributed by atoms with E-state index < -0.39 is 0 Å². The monoisotopic (exact) mass is 292 g/mol. The maximum Gasteiger partial charge on any atom is 0.118 e. The van der Waals surface area contributed by atoms with Gasteiger partial charge in [0.1, 0.15) is 11.5 Å². The van der Waals surface area contributed by atoms with Gasteiger partial charge in [-0.3, -0.25) is 4.90 Å². The van der Waals surface area contributed by atoms with Crippen LogP contribution in [0.2, 0.25) is 0 Å². The molecule has 3 nitrogen and oxygen atoms in total. The highest BCUT2D eigenvalue weighted by molar-refractivity contribution is 5.21. The van der Waals surface area contributed by atoms with Crippen molar-refractivity contribution in [1.29, 1.82) is 0 Å². The number of nitrogens with one attached hydrogen (secondary N) is 1. The number of hydrogen-bond acceptors (Lipinski definition) is 3. The van der Waals surface area contributed by atoms with Crippen molar-refractivity contribution in [2.45, 2.75) is 85.0 Å². The van der Waals surface area contributed by atoms with Crippen molar-refractivity contribution in [3.05, 3.63) is 23.2 Å². The Morgan fingerprint density at radius 1 is 1.33 bits per heavy atom. The third-order valence-corrected chi connectivity index (χ3v) is 4.37. The number of unbranched alkanes of at least 4 members (excludes halogenated alkanes) is 2. The zero-order valence-electron chi connectivity index (χ0n) is 14.2. The Bertz CT molecular complexity index is 421. The lowest BCUT2D eigenvalue weighted by atomic mass is 10.2. The van der Waals surface area contributed by atoms with E-state index in [1.807, 2.05) is 0 Å². The van der Waals surface area contributed by atoms with E-state index in [0.717, 1.165) is 30.7 Å². The summed E-state index contributed by atoms with van der Waals surface area (Å²) >= 11 is 0. The molecule has 1 heterocycles. The van der Waals surface area contributed by atoms with Gasteiger partial charge in [0.15, 0.2) is 0 Å². The van der Waals surface area contributed by atoms with Crippen molar-refractivity contribution in [3.63, 3.8) is 0 Å². The predicted octanol–water partition coefficient (Wildman–Crippen LogP) is 4.24. The molecule has 1 N–H and O–H groups in total. The van der Waals surface area contributed by atoms with Crippen molar-refractivity contribution < 1.29 is 4.42 Å². The minimum atomic E-state index is 0.570. The fraction of sp³-hybridized carbons (Fsp3) is 0.778. The highest BCUT2D eigenvalue weighted by atomic mass is 16.3. The molecule has 3 heteroatoms. The molecule has 0 amide bonds. The molecular weight excluding hydrogens is 260 g/mol. The Hall–Kier alpha value is -0.800. The molecular formula is C18H32N2O. The molecule has 1 saturated carbocycles.